The minimum atomic E-state index is -0.110. The number of carbonyl (C=O) groups excluding carboxylic acids is 2. The highest BCUT2D eigenvalue weighted by atomic mass is 16.5. The maximum Gasteiger partial charge on any atom is 0.317 e. The van der Waals surface area contributed by atoms with Crippen LogP contribution in [0.3, 0.4) is 0 Å². The summed E-state index contributed by atoms with van der Waals surface area (Å²) in [5.41, 5.74) is -0.0407. The third-order valence-corrected chi connectivity index (χ3v) is 5.26. The average molecular weight is 341 g/mol. The van der Waals surface area contributed by atoms with Crippen LogP contribution in [0.4, 0.5) is 4.79 Å². The SMILES string of the molecule is COCCCNC(=O)N1CC(C(=O)NCCOC)C2(CCCC2)C1. The summed E-state index contributed by atoms with van der Waals surface area (Å²) in [6.07, 6.45) is 5.14. The van der Waals surface area contributed by atoms with E-state index in [1.165, 1.54) is 0 Å². The van der Waals surface area contributed by atoms with Crippen molar-refractivity contribution < 1.29 is 19.1 Å². The predicted molar refractivity (Wildman–Crippen MR) is 90.7 cm³/mol. The van der Waals surface area contributed by atoms with Crippen LogP contribution in [-0.2, 0) is 14.3 Å². The van der Waals surface area contributed by atoms with Crippen LogP contribution >= 0.6 is 0 Å². The van der Waals surface area contributed by atoms with Gasteiger partial charge in [0, 0.05) is 52.4 Å². The molecule has 1 saturated heterocycles. The molecule has 2 N–H and O–H groups in total. The fraction of sp³-hybridized carbons (Fsp3) is 0.882. The molecule has 0 bridgehead atoms. The van der Waals surface area contributed by atoms with E-state index in [1.807, 2.05) is 4.90 Å². The van der Waals surface area contributed by atoms with E-state index in [0.29, 0.717) is 39.4 Å². The van der Waals surface area contributed by atoms with Gasteiger partial charge in [0.2, 0.25) is 5.91 Å². The molecule has 1 unspecified atom stereocenters. The van der Waals surface area contributed by atoms with Crippen LogP contribution in [0, 0.1) is 11.3 Å². The lowest BCUT2D eigenvalue weighted by molar-refractivity contribution is -0.127. The molecule has 3 amide bonds. The molecule has 1 atom stereocenters. The maximum absolute atomic E-state index is 12.6. The molecule has 2 rings (SSSR count). The second-order valence-corrected chi connectivity index (χ2v) is 6.86. The predicted octanol–water partition coefficient (Wildman–Crippen LogP) is 0.987. The number of amides is 3. The first-order valence-corrected chi connectivity index (χ1v) is 8.91. The van der Waals surface area contributed by atoms with E-state index in [4.69, 9.17) is 9.47 Å². The van der Waals surface area contributed by atoms with Crippen molar-refractivity contribution in [2.45, 2.75) is 32.1 Å². The summed E-state index contributed by atoms with van der Waals surface area (Å²) in [7, 11) is 3.27. The molecule has 0 aromatic carbocycles. The zero-order valence-corrected chi connectivity index (χ0v) is 14.9. The number of rotatable bonds is 8. The summed E-state index contributed by atoms with van der Waals surface area (Å²) < 4.78 is 9.99. The van der Waals surface area contributed by atoms with Crippen LogP contribution < -0.4 is 10.6 Å². The van der Waals surface area contributed by atoms with Crippen molar-refractivity contribution in [3.63, 3.8) is 0 Å². The first-order valence-electron chi connectivity index (χ1n) is 8.91. The van der Waals surface area contributed by atoms with Crippen molar-refractivity contribution in [1.29, 1.82) is 0 Å². The molecule has 1 heterocycles. The Balaban J connectivity index is 1.92. The van der Waals surface area contributed by atoms with Crippen molar-refractivity contribution in [2.24, 2.45) is 11.3 Å². The second-order valence-electron chi connectivity index (χ2n) is 6.86. The highest BCUT2D eigenvalue weighted by molar-refractivity contribution is 5.82. The summed E-state index contributed by atoms with van der Waals surface area (Å²) in [6.45, 7) is 3.45. The molecule has 1 aliphatic heterocycles. The van der Waals surface area contributed by atoms with E-state index in [-0.39, 0.29) is 23.3 Å². The molecule has 1 saturated carbocycles. The van der Waals surface area contributed by atoms with Gasteiger partial charge in [-0.2, -0.15) is 0 Å². The fourth-order valence-corrected chi connectivity index (χ4v) is 3.99. The van der Waals surface area contributed by atoms with Gasteiger partial charge in [0.1, 0.15) is 0 Å². The van der Waals surface area contributed by atoms with E-state index in [1.54, 1.807) is 14.2 Å². The van der Waals surface area contributed by atoms with Gasteiger partial charge < -0.3 is 25.0 Å². The third kappa shape index (κ3) is 4.60. The first kappa shape index (κ1) is 19.0. The Morgan fingerprint density at radius 1 is 1.08 bits per heavy atom. The number of hydrogen-bond donors (Lipinski definition) is 2. The number of likely N-dealkylation sites (tertiary alicyclic amines) is 1. The molecule has 0 aromatic heterocycles. The van der Waals surface area contributed by atoms with Crippen molar-refractivity contribution in [3.05, 3.63) is 0 Å². The molecule has 1 aliphatic carbocycles. The quantitative estimate of drug-likeness (QED) is 0.645. The number of ether oxygens (including phenoxy) is 2. The van der Waals surface area contributed by atoms with Gasteiger partial charge in [0.05, 0.1) is 12.5 Å². The molecule has 1 spiro atoms. The van der Waals surface area contributed by atoms with Gasteiger partial charge in [0.25, 0.3) is 0 Å². The minimum Gasteiger partial charge on any atom is -0.385 e. The lowest BCUT2D eigenvalue weighted by Crippen LogP contribution is -2.41. The number of carbonyl (C=O) groups is 2. The van der Waals surface area contributed by atoms with Crippen LogP contribution in [0.1, 0.15) is 32.1 Å². The molecule has 7 heteroatoms. The van der Waals surface area contributed by atoms with Crippen LogP contribution in [0.5, 0.6) is 0 Å². The Bertz CT molecular complexity index is 424. The largest absolute Gasteiger partial charge is 0.385 e. The highest BCUT2D eigenvalue weighted by Gasteiger charge is 2.52. The van der Waals surface area contributed by atoms with E-state index in [9.17, 15) is 9.59 Å². The van der Waals surface area contributed by atoms with Crippen molar-refractivity contribution in [3.8, 4) is 0 Å². The monoisotopic (exact) mass is 341 g/mol. The topological polar surface area (TPSA) is 79.9 Å². The fourth-order valence-electron chi connectivity index (χ4n) is 3.99. The molecular formula is C17H31N3O4. The highest BCUT2D eigenvalue weighted by Crippen LogP contribution is 2.49. The number of nitrogens with zero attached hydrogens (tertiary/aromatic N) is 1. The smallest absolute Gasteiger partial charge is 0.317 e. The number of urea groups is 1. The standard InChI is InChI=1S/C17H31N3O4/c1-23-10-5-8-19-16(22)20-12-14(15(21)18-9-11-24-2)17(13-20)6-3-4-7-17/h14H,3-13H2,1-2H3,(H,18,21)(H,19,22). The van der Waals surface area contributed by atoms with Crippen molar-refractivity contribution >= 4 is 11.9 Å². The van der Waals surface area contributed by atoms with Gasteiger partial charge in [-0.1, -0.05) is 12.8 Å². The zero-order valence-electron chi connectivity index (χ0n) is 14.9. The average Bonchev–Trinajstić information content (AvgIpc) is 3.20. The molecule has 7 nitrogen and oxygen atoms in total. The molecule has 24 heavy (non-hydrogen) atoms. The van der Waals surface area contributed by atoms with Gasteiger partial charge in [-0.05, 0) is 19.3 Å². The summed E-state index contributed by atoms with van der Waals surface area (Å²) in [4.78, 5) is 26.8. The zero-order chi connectivity index (χ0) is 17.4. The lowest BCUT2D eigenvalue weighted by Gasteiger charge is -2.28. The third-order valence-electron chi connectivity index (χ3n) is 5.26. The van der Waals surface area contributed by atoms with Crippen LogP contribution in [0.25, 0.3) is 0 Å². The Morgan fingerprint density at radius 3 is 2.46 bits per heavy atom. The Hall–Kier alpha value is -1.34. The van der Waals surface area contributed by atoms with Crippen LogP contribution in [0.15, 0.2) is 0 Å². The van der Waals surface area contributed by atoms with Gasteiger partial charge in [-0.3, -0.25) is 4.79 Å². The van der Waals surface area contributed by atoms with Crippen LogP contribution in [0.2, 0.25) is 0 Å². The van der Waals surface area contributed by atoms with Crippen molar-refractivity contribution in [2.75, 3.05) is 53.6 Å². The minimum absolute atomic E-state index is 0.0407. The Morgan fingerprint density at radius 2 is 1.79 bits per heavy atom. The van der Waals surface area contributed by atoms with Gasteiger partial charge in [0.15, 0.2) is 0 Å². The summed E-state index contributed by atoms with van der Waals surface area (Å²) >= 11 is 0. The number of methoxy groups -OCH3 is 2. The Labute approximate surface area is 144 Å². The first-order chi connectivity index (χ1) is 11.6. The van der Waals surface area contributed by atoms with Gasteiger partial charge in [-0.15, -0.1) is 0 Å². The van der Waals surface area contributed by atoms with E-state index >= 15 is 0 Å². The van der Waals surface area contributed by atoms with E-state index in [2.05, 4.69) is 10.6 Å². The Kier molecular flexibility index (Phi) is 7.30. The normalized spacial score (nSPS) is 22.1. The van der Waals surface area contributed by atoms with E-state index < -0.39 is 0 Å². The lowest BCUT2D eigenvalue weighted by atomic mass is 9.76. The summed E-state index contributed by atoms with van der Waals surface area (Å²) in [5, 5.41) is 5.89. The van der Waals surface area contributed by atoms with Crippen molar-refractivity contribution in [1.82, 2.24) is 15.5 Å². The molecule has 0 radical (unpaired) electrons. The summed E-state index contributed by atoms with van der Waals surface area (Å²) in [6, 6.07) is -0.0652. The molecule has 2 fully saturated rings. The molecule has 2 aliphatic rings. The molecule has 138 valence electrons. The maximum atomic E-state index is 12.6. The number of hydrogen-bond acceptors (Lipinski definition) is 4. The van der Waals surface area contributed by atoms with Gasteiger partial charge in [-0.25, -0.2) is 4.79 Å². The van der Waals surface area contributed by atoms with Gasteiger partial charge >= 0.3 is 6.03 Å². The molecular weight excluding hydrogens is 310 g/mol. The van der Waals surface area contributed by atoms with Crippen LogP contribution in [-0.4, -0.2) is 70.5 Å². The number of nitrogens with one attached hydrogen (secondary N) is 2. The second kappa shape index (κ2) is 9.22. The molecule has 0 aromatic rings. The van der Waals surface area contributed by atoms with E-state index in [0.717, 1.165) is 32.1 Å². The summed E-state index contributed by atoms with van der Waals surface area (Å²) in [5.74, 6) is -0.0507.